The van der Waals surface area contributed by atoms with Crippen molar-refractivity contribution in [3.63, 3.8) is 0 Å². The molecule has 0 saturated carbocycles. The summed E-state index contributed by atoms with van der Waals surface area (Å²) in [6.07, 6.45) is 5.16. The van der Waals surface area contributed by atoms with Crippen LogP contribution in [0.25, 0.3) is 33.3 Å². The summed E-state index contributed by atoms with van der Waals surface area (Å²) in [6.45, 7) is 3.85. The fraction of sp³-hybridized carbons (Fsp3) is 0.100. The summed E-state index contributed by atoms with van der Waals surface area (Å²) in [6, 6.07) is 7.61. The molecular formula is C20H15ClN6O. The number of hydrogen-bond acceptors (Lipinski definition) is 5. The molecule has 0 spiro atoms. The molecule has 5 aromatic rings. The third kappa shape index (κ3) is 2.76. The van der Waals surface area contributed by atoms with Crippen LogP contribution in [-0.4, -0.2) is 30.1 Å². The van der Waals surface area contributed by atoms with Crippen LogP contribution in [0.5, 0.6) is 11.5 Å². The summed E-state index contributed by atoms with van der Waals surface area (Å²) >= 11 is 6.68. The Hall–Kier alpha value is -3.45. The number of imidazole rings is 1. The highest BCUT2D eigenvalue weighted by atomic mass is 35.5. The lowest BCUT2D eigenvalue weighted by Crippen LogP contribution is -1.94. The van der Waals surface area contributed by atoms with Gasteiger partial charge in [0, 0.05) is 17.8 Å². The number of H-pyrrole nitrogens is 2. The fourth-order valence-corrected chi connectivity index (χ4v) is 3.50. The molecule has 0 saturated heterocycles. The molecule has 0 bridgehead atoms. The lowest BCUT2D eigenvalue weighted by Gasteiger charge is -2.13. The third-order valence-electron chi connectivity index (χ3n) is 4.51. The first-order valence-electron chi connectivity index (χ1n) is 8.68. The molecular weight excluding hydrogens is 376 g/mol. The number of aromatic amines is 2. The van der Waals surface area contributed by atoms with E-state index in [4.69, 9.17) is 16.3 Å². The maximum Gasteiger partial charge on any atom is 0.151 e. The fourth-order valence-electron chi connectivity index (χ4n) is 3.17. The molecule has 0 amide bonds. The van der Waals surface area contributed by atoms with E-state index in [1.54, 1.807) is 18.6 Å². The van der Waals surface area contributed by atoms with E-state index in [0.717, 1.165) is 28.0 Å². The molecule has 138 valence electrons. The van der Waals surface area contributed by atoms with Crippen molar-refractivity contribution in [2.24, 2.45) is 0 Å². The van der Waals surface area contributed by atoms with Gasteiger partial charge in [0.2, 0.25) is 0 Å². The Labute approximate surface area is 164 Å². The first-order valence-corrected chi connectivity index (χ1v) is 9.05. The zero-order valence-corrected chi connectivity index (χ0v) is 15.9. The highest BCUT2D eigenvalue weighted by Crippen LogP contribution is 2.38. The van der Waals surface area contributed by atoms with E-state index < -0.39 is 0 Å². The summed E-state index contributed by atoms with van der Waals surface area (Å²) < 4.78 is 6.13. The Bertz CT molecular complexity index is 1330. The van der Waals surface area contributed by atoms with E-state index in [0.29, 0.717) is 33.2 Å². The van der Waals surface area contributed by atoms with E-state index in [9.17, 15) is 0 Å². The van der Waals surface area contributed by atoms with Gasteiger partial charge >= 0.3 is 0 Å². The Morgan fingerprint density at radius 3 is 2.75 bits per heavy atom. The van der Waals surface area contributed by atoms with Gasteiger partial charge < -0.3 is 9.72 Å². The van der Waals surface area contributed by atoms with Gasteiger partial charge in [0.1, 0.15) is 22.1 Å². The van der Waals surface area contributed by atoms with Crippen molar-refractivity contribution in [2.75, 3.05) is 0 Å². The number of nitrogens with one attached hydrogen (secondary N) is 2. The van der Waals surface area contributed by atoms with Crippen molar-refractivity contribution >= 4 is 33.7 Å². The summed E-state index contributed by atoms with van der Waals surface area (Å²) in [5.74, 6) is 2.08. The van der Waals surface area contributed by atoms with Gasteiger partial charge in [0.05, 0.1) is 34.6 Å². The molecule has 28 heavy (non-hydrogen) atoms. The molecule has 7 nitrogen and oxygen atoms in total. The number of fused-ring (bicyclic) bond motifs is 2. The molecule has 0 radical (unpaired) electrons. The maximum absolute atomic E-state index is 6.68. The lowest BCUT2D eigenvalue weighted by molar-refractivity contribution is 0.480. The molecule has 0 atom stereocenters. The predicted molar refractivity (Wildman–Crippen MR) is 108 cm³/mol. The summed E-state index contributed by atoms with van der Waals surface area (Å²) in [5, 5.41) is 7.16. The molecule has 0 unspecified atom stereocenters. The van der Waals surface area contributed by atoms with Crippen molar-refractivity contribution in [1.29, 1.82) is 0 Å². The first-order chi connectivity index (χ1) is 13.6. The summed E-state index contributed by atoms with van der Waals surface area (Å²) in [4.78, 5) is 16.8. The summed E-state index contributed by atoms with van der Waals surface area (Å²) in [5.41, 5.74) is 5.50. The molecule has 2 aromatic carbocycles. The van der Waals surface area contributed by atoms with Gasteiger partial charge in [-0.05, 0) is 37.6 Å². The van der Waals surface area contributed by atoms with Crippen molar-refractivity contribution in [3.05, 3.63) is 59.3 Å². The molecule has 0 aliphatic carbocycles. The Balaban J connectivity index is 1.61. The monoisotopic (exact) mass is 390 g/mol. The molecule has 0 fully saturated rings. The van der Waals surface area contributed by atoms with Crippen LogP contribution in [0.1, 0.15) is 11.4 Å². The van der Waals surface area contributed by atoms with E-state index in [2.05, 4.69) is 30.1 Å². The third-order valence-corrected chi connectivity index (χ3v) is 4.86. The average molecular weight is 391 g/mol. The van der Waals surface area contributed by atoms with Gasteiger partial charge in [-0.2, -0.15) is 5.10 Å². The lowest BCUT2D eigenvalue weighted by atomic mass is 10.1. The van der Waals surface area contributed by atoms with Crippen LogP contribution < -0.4 is 4.74 Å². The number of benzene rings is 2. The van der Waals surface area contributed by atoms with E-state index in [1.807, 2.05) is 38.1 Å². The Morgan fingerprint density at radius 1 is 1.04 bits per heavy atom. The number of aryl methyl sites for hydroxylation is 2. The molecule has 5 rings (SSSR count). The van der Waals surface area contributed by atoms with Crippen LogP contribution in [0.3, 0.4) is 0 Å². The largest absolute Gasteiger partial charge is 0.455 e. The zero-order chi connectivity index (χ0) is 19.3. The number of hydrogen-bond donors (Lipinski definition) is 2. The number of ether oxygens (including phenoxy) is 1. The molecule has 2 N–H and O–H groups in total. The van der Waals surface area contributed by atoms with Gasteiger partial charge in [-0.3, -0.25) is 10.1 Å². The molecule has 3 aromatic heterocycles. The van der Waals surface area contributed by atoms with Gasteiger partial charge in [-0.25, -0.2) is 9.97 Å². The van der Waals surface area contributed by atoms with Crippen LogP contribution >= 0.6 is 11.6 Å². The average Bonchev–Trinajstić information content (AvgIpc) is 3.33. The Kier molecular flexibility index (Phi) is 3.77. The smallest absolute Gasteiger partial charge is 0.151 e. The number of aromatic nitrogens is 6. The normalized spacial score (nSPS) is 11.4. The van der Waals surface area contributed by atoms with E-state index in [1.165, 1.54) is 0 Å². The first kappa shape index (κ1) is 16.7. The molecule has 8 heteroatoms. The summed E-state index contributed by atoms with van der Waals surface area (Å²) in [7, 11) is 0. The number of nitrogens with zero attached hydrogens (tertiary/aromatic N) is 4. The van der Waals surface area contributed by atoms with Crippen molar-refractivity contribution in [2.45, 2.75) is 13.8 Å². The van der Waals surface area contributed by atoms with Crippen molar-refractivity contribution < 1.29 is 4.74 Å². The Morgan fingerprint density at radius 2 is 1.93 bits per heavy atom. The second-order valence-corrected chi connectivity index (χ2v) is 6.93. The standard InChI is InChI=1S/C20H15ClN6O/c1-10-5-16-19(27-17(9-22-16)12-7-23-24-8-12)18(21)20(10)28-13-3-4-14-15(6-13)26-11(2)25-14/h3-9H,1-2H3,(H,23,24)(H,25,26). The van der Waals surface area contributed by atoms with Crippen molar-refractivity contribution in [3.8, 4) is 22.8 Å². The van der Waals surface area contributed by atoms with Gasteiger partial charge in [-0.1, -0.05) is 11.6 Å². The second-order valence-electron chi connectivity index (χ2n) is 6.55. The second kappa shape index (κ2) is 6.31. The molecule has 3 heterocycles. The number of rotatable bonds is 3. The number of halogens is 1. The maximum atomic E-state index is 6.68. The van der Waals surface area contributed by atoms with Crippen LogP contribution in [0, 0.1) is 13.8 Å². The topological polar surface area (TPSA) is 92.4 Å². The zero-order valence-electron chi connectivity index (χ0n) is 15.1. The van der Waals surface area contributed by atoms with Crippen molar-refractivity contribution in [1.82, 2.24) is 30.1 Å². The molecule has 0 aliphatic heterocycles. The minimum absolute atomic E-state index is 0.425. The quantitative estimate of drug-likeness (QED) is 0.454. The highest BCUT2D eigenvalue weighted by molar-refractivity contribution is 6.36. The highest BCUT2D eigenvalue weighted by Gasteiger charge is 2.16. The van der Waals surface area contributed by atoms with Gasteiger partial charge in [0.25, 0.3) is 0 Å². The van der Waals surface area contributed by atoms with Gasteiger partial charge in [-0.15, -0.1) is 0 Å². The SMILES string of the molecule is Cc1nc2ccc(Oc3c(C)cc4ncc(-c5cn[nH]c5)nc4c3Cl)cc2[nH]1. The minimum Gasteiger partial charge on any atom is -0.455 e. The minimum atomic E-state index is 0.425. The van der Waals surface area contributed by atoms with Gasteiger partial charge in [0.15, 0.2) is 5.75 Å². The van der Waals surface area contributed by atoms with Crippen LogP contribution in [0.15, 0.2) is 42.9 Å². The van der Waals surface area contributed by atoms with Crippen LogP contribution in [0.2, 0.25) is 5.02 Å². The predicted octanol–water partition coefficient (Wildman–Crippen LogP) is 4.96. The van der Waals surface area contributed by atoms with E-state index in [-0.39, 0.29) is 0 Å². The van der Waals surface area contributed by atoms with E-state index >= 15 is 0 Å². The van der Waals surface area contributed by atoms with Crippen LogP contribution in [0.4, 0.5) is 0 Å². The molecule has 0 aliphatic rings. The van der Waals surface area contributed by atoms with Crippen LogP contribution in [-0.2, 0) is 0 Å².